The quantitative estimate of drug-likeness (QED) is 0.485. The van der Waals surface area contributed by atoms with Crippen LogP contribution in [0.4, 0.5) is 5.69 Å². The number of rotatable bonds is 12. The first-order chi connectivity index (χ1) is 10.2. The van der Waals surface area contributed by atoms with Gasteiger partial charge in [0.15, 0.2) is 0 Å². The van der Waals surface area contributed by atoms with Crippen LogP contribution in [0.15, 0.2) is 24.3 Å². The summed E-state index contributed by atoms with van der Waals surface area (Å²) in [6.45, 7) is 8.58. The molecule has 0 atom stereocenters. The second kappa shape index (κ2) is 11.5. The van der Waals surface area contributed by atoms with Crippen molar-refractivity contribution >= 4 is 5.69 Å². The maximum absolute atomic E-state index is 5.72. The number of hydrogen-bond acceptors (Lipinski definition) is 2. The SMILES string of the molecule is CCCCCCCCNc1ccc(OCCC(C)C)cc1. The molecule has 0 aliphatic heterocycles. The summed E-state index contributed by atoms with van der Waals surface area (Å²) in [5.74, 6) is 1.67. The van der Waals surface area contributed by atoms with Crippen molar-refractivity contribution in [2.45, 2.75) is 65.7 Å². The van der Waals surface area contributed by atoms with E-state index in [-0.39, 0.29) is 0 Å². The van der Waals surface area contributed by atoms with Crippen molar-refractivity contribution in [3.8, 4) is 5.75 Å². The van der Waals surface area contributed by atoms with Gasteiger partial charge in [0.2, 0.25) is 0 Å². The van der Waals surface area contributed by atoms with Crippen LogP contribution in [0.2, 0.25) is 0 Å². The molecule has 1 aromatic rings. The molecular formula is C19H33NO. The van der Waals surface area contributed by atoms with E-state index in [2.05, 4.69) is 50.4 Å². The highest BCUT2D eigenvalue weighted by molar-refractivity contribution is 5.46. The number of benzene rings is 1. The van der Waals surface area contributed by atoms with Crippen molar-refractivity contribution in [3.63, 3.8) is 0 Å². The van der Waals surface area contributed by atoms with Crippen molar-refractivity contribution in [2.75, 3.05) is 18.5 Å². The molecule has 1 rings (SSSR count). The van der Waals surface area contributed by atoms with E-state index in [1.165, 1.54) is 44.2 Å². The normalized spacial score (nSPS) is 10.9. The van der Waals surface area contributed by atoms with Crippen LogP contribution >= 0.6 is 0 Å². The number of unbranched alkanes of at least 4 members (excludes halogenated alkanes) is 5. The number of ether oxygens (including phenoxy) is 1. The van der Waals surface area contributed by atoms with Crippen LogP contribution in [0.3, 0.4) is 0 Å². The largest absolute Gasteiger partial charge is 0.494 e. The Morgan fingerprint density at radius 2 is 1.62 bits per heavy atom. The molecule has 120 valence electrons. The molecule has 0 heterocycles. The zero-order valence-electron chi connectivity index (χ0n) is 14.2. The lowest BCUT2D eigenvalue weighted by Crippen LogP contribution is -2.03. The predicted molar refractivity (Wildman–Crippen MR) is 93.3 cm³/mol. The third kappa shape index (κ3) is 9.38. The summed E-state index contributed by atoms with van der Waals surface area (Å²) < 4.78 is 5.72. The average Bonchev–Trinajstić information content (AvgIpc) is 2.47. The molecule has 0 saturated carbocycles. The number of anilines is 1. The minimum absolute atomic E-state index is 0.697. The lowest BCUT2D eigenvalue weighted by Gasteiger charge is -2.10. The smallest absolute Gasteiger partial charge is 0.119 e. The maximum atomic E-state index is 5.72. The van der Waals surface area contributed by atoms with Crippen molar-refractivity contribution in [2.24, 2.45) is 5.92 Å². The Hall–Kier alpha value is -1.18. The fraction of sp³-hybridized carbons (Fsp3) is 0.684. The molecule has 0 bridgehead atoms. The van der Waals surface area contributed by atoms with Gasteiger partial charge in [-0.3, -0.25) is 0 Å². The highest BCUT2D eigenvalue weighted by Crippen LogP contribution is 2.16. The van der Waals surface area contributed by atoms with Gasteiger partial charge in [0.05, 0.1) is 6.61 Å². The lowest BCUT2D eigenvalue weighted by atomic mass is 10.1. The third-order valence-corrected chi connectivity index (χ3v) is 3.68. The summed E-state index contributed by atoms with van der Waals surface area (Å²) in [6, 6.07) is 8.34. The topological polar surface area (TPSA) is 21.3 Å². The van der Waals surface area contributed by atoms with Crippen molar-refractivity contribution < 1.29 is 4.74 Å². The molecule has 0 radical (unpaired) electrons. The van der Waals surface area contributed by atoms with Gasteiger partial charge in [-0.05, 0) is 43.0 Å². The van der Waals surface area contributed by atoms with Gasteiger partial charge < -0.3 is 10.1 Å². The van der Waals surface area contributed by atoms with Crippen molar-refractivity contribution in [1.82, 2.24) is 0 Å². The van der Waals surface area contributed by atoms with Crippen LogP contribution in [0, 0.1) is 5.92 Å². The number of hydrogen-bond donors (Lipinski definition) is 1. The van der Waals surface area contributed by atoms with Gasteiger partial charge in [0.1, 0.15) is 5.75 Å². The van der Waals surface area contributed by atoms with Gasteiger partial charge in [-0.25, -0.2) is 0 Å². The molecule has 0 unspecified atom stereocenters. The molecule has 0 spiro atoms. The Morgan fingerprint density at radius 3 is 2.29 bits per heavy atom. The van der Waals surface area contributed by atoms with E-state index in [1.54, 1.807) is 0 Å². The maximum Gasteiger partial charge on any atom is 0.119 e. The highest BCUT2D eigenvalue weighted by atomic mass is 16.5. The Labute approximate surface area is 131 Å². The van der Waals surface area contributed by atoms with Gasteiger partial charge in [-0.2, -0.15) is 0 Å². The monoisotopic (exact) mass is 291 g/mol. The average molecular weight is 291 g/mol. The van der Waals surface area contributed by atoms with E-state index in [9.17, 15) is 0 Å². The minimum Gasteiger partial charge on any atom is -0.494 e. The molecule has 1 aromatic carbocycles. The Bertz CT molecular complexity index is 345. The van der Waals surface area contributed by atoms with Crippen molar-refractivity contribution in [3.05, 3.63) is 24.3 Å². The minimum atomic E-state index is 0.697. The number of nitrogens with one attached hydrogen (secondary N) is 1. The molecule has 0 saturated heterocycles. The fourth-order valence-electron chi connectivity index (χ4n) is 2.22. The van der Waals surface area contributed by atoms with Gasteiger partial charge in [-0.1, -0.05) is 52.9 Å². The van der Waals surface area contributed by atoms with E-state index in [0.717, 1.165) is 25.3 Å². The molecule has 1 N–H and O–H groups in total. The van der Waals surface area contributed by atoms with Gasteiger partial charge in [-0.15, -0.1) is 0 Å². The van der Waals surface area contributed by atoms with Crippen LogP contribution < -0.4 is 10.1 Å². The van der Waals surface area contributed by atoms with Crippen LogP contribution in [-0.4, -0.2) is 13.2 Å². The van der Waals surface area contributed by atoms with Gasteiger partial charge in [0.25, 0.3) is 0 Å². The molecule has 0 amide bonds. The molecule has 0 aliphatic carbocycles. The van der Waals surface area contributed by atoms with Crippen molar-refractivity contribution in [1.29, 1.82) is 0 Å². The van der Waals surface area contributed by atoms with Crippen LogP contribution in [0.1, 0.15) is 65.7 Å². The predicted octanol–water partition coefficient (Wildman–Crippen LogP) is 5.88. The van der Waals surface area contributed by atoms with E-state index in [4.69, 9.17) is 4.74 Å². The molecule has 0 fully saturated rings. The summed E-state index contributed by atoms with van der Waals surface area (Å²) in [5, 5.41) is 3.48. The summed E-state index contributed by atoms with van der Waals surface area (Å²) >= 11 is 0. The first-order valence-electron chi connectivity index (χ1n) is 8.69. The van der Waals surface area contributed by atoms with Crippen LogP contribution in [0.5, 0.6) is 5.75 Å². The first-order valence-corrected chi connectivity index (χ1v) is 8.69. The van der Waals surface area contributed by atoms with Crippen LogP contribution in [-0.2, 0) is 0 Å². The Morgan fingerprint density at radius 1 is 0.952 bits per heavy atom. The zero-order valence-corrected chi connectivity index (χ0v) is 14.2. The van der Waals surface area contributed by atoms with E-state index in [1.807, 2.05) is 0 Å². The second-order valence-corrected chi connectivity index (χ2v) is 6.25. The highest BCUT2D eigenvalue weighted by Gasteiger charge is 1.97. The van der Waals surface area contributed by atoms with Crippen LogP contribution in [0.25, 0.3) is 0 Å². The molecule has 0 aliphatic rings. The molecule has 2 heteroatoms. The van der Waals surface area contributed by atoms with E-state index in [0.29, 0.717) is 5.92 Å². The summed E-state index contributed by atoms with van der Waals surface area (Å²) in [6.07, 6.45) is 9.17. The second-order valence-electron chi connectivity index (χ2n) is 6.25. The summed E-state index contributed by atoms with van der Waals surface area (Å²) in [5.41, 5.74) is 1.19. The molecule has 21 heavy (non-hydrogen) atoms. The standard InChI is InChI=1S/C19H33NO/c1-4-5-6-7-8-9-15-20-18-10-12-19(13-11-18)21-16-14-17(2)3/h10-13,17,20H,4-9,14-16H2,1-3H3. The third-order valence-electron chi connectivity index (χ3n) is 3.68. The van der Waals surface area contributed by atoms with Gasteiger partial charge in [0, 0.05) is 12.2 Å². The van der Waals surface area contributed by atoms with Gasteiger partial charge >= 0.3 is 0 Å². The van der Waals surface area contributed by atoms with E-state index >= 15 is 0 Å². The summed E-state index contributed by atoms with van der Waals surface area (Å²) in [7, 11) is 0. The fourth-order valence-corrected chi connectivity index (χ4v) is 2.22. The molecule has 2 nitrogen and oxygen atoms in total. The Balaban J connectivity index is 2.10. The van der Waals surface area contributed by atoms with E-state index < -0.39 is 0 Å². The molecular weight excluding hydrogens is 258 g/mol. The summed E-state index contributed by atoms with van der Waals surface area (Å²) in [4.78, 5) is 0. The zero-order chi connectivity index (χ0) is 15.3. The first kappa shape index (κ1) is 17.9. The lowest BCUT2D eigenvalue weighted by molar-refractivity contribution is 0.289. The Kier molecular flexibility index (Phi) is 9.77. The molecule has 0 aromatic heterocycles.